The molecule has 0 aliphatic rings. The largest absolute Gasteiger partial charge is 0.471 e. The van der Waals surface area contributed by atoms with Crippen LogP contribution in [0.25, 0.3) is 0 Å². The quantitative estimate of drug-likeness (QED) is 0.791. The van der Waals surface area contributed by atoms with E-state index >= 15 is 0 Å². The molecule has 1 aromatic heterocycles. The first-order chi connectivity index (χ1) is 6.57. The smallest absolute Gasteiger partial charge is 0.233 e. The minimum absolute atomic E-state index is 0.206. The Bertz CT molecular complexity index is 299. The van der Waals surface area contributed by atoms with Gasteiger partial charge in [0.1, 0.15) is 5.60 Å². The summed E-state index contributed by atoms with van der Waals surface area (Å²) in [6.45, 7) is 6.49. The van der Waals surface area contributed by atoms with Crippen molar-refractivity contribution in [2.24, 2.45) is 5.73 Å². The van der Waals surface area contributed by atoms with E-state index in [1.54, 1.807) is 12.4 Å². The lowest BCUT2D eigenvalue weighted by atomic mass is 10.1. The fourth-order valence-corrected chi connectivity index (χ4v) is 0.889. The van der Waals surface area contributed by atoms with Crippen LogP contribution in [0.1, 0.15) is 32.9 Å². The van der Waals surface area contributed by atoms with Crippen molar-refractivity contribution in [1.82, 2.24) is 9.97 Å². The lowest BCUT2D eigenvalue weighted by molar-refractivity contribution is 0.0981. The number of aromatic nitrogens is 2. The van der Waals surface area contributed by atoms with Crippen LogP contribution in [0.5, 0.6) is 5.88 Å². The highest BCUT2D eigenvalue weighted by Crippen LogP contribution is 2.17. The summed E-state index contributed by atoms with van der Waals surface area (Å²) in [5.41, 5.74) is 6.00. The highest BCUT2D eigenvalue weighted by Gasteiger charge is 2.17. The van der Waals surface area contributed by atoms with Crippen molar-refractivity contribution in [3.63, 3.8) is 0 Å². The predicted molar refractivity (Wildman–Crippen MR) is 54.9 cm³/mol. The van der Waals surface area contributed by atoms with Crippen molar-refractivity contribution >= 4 is 0 Å². The van der Waals surface area contributed by atoms with E-state index in [-0.39, 0.29) is 5.60 Å². The third kappa shape index (κ3) is 2.96. The van der Waals surface area contributed by atoms with Gasteiger partial charge >= 0.3 is 0 Å². The Hall–Kier alpha value is -1.16. The van der Waals surface area contributed by atoms with E-state index in [2.05, 4.69) is 16.9 Å². The van der Waals surface area contributed by atoms with Crippen LogP contribution in [-0.4, -0.2) is 15.6 Å². The maximum Gasteiger partial charge on any atom is 0.233 e. The second-order valence-electron chi connectivity index (χ2n) is 3.77. The van der Waals surface area contributed by atoms with Gasteiger partial charge in [-0.15, -0.1) is 0 Å². The fraction of sp³-hybridized carbons (Fsp3) is 0.600. The highest BCUT2D eigenvalue weighted by molar-refractivity contribution is 5.09. The first kappa shape index (κ1) is 10.9. The van der Waals surface area contributed by atoms with E-state index < -0.39 is 0 Å². The monoisotopic (exact) mass is 195 g/mol. The van der Waals surface area contributed by atoms with Crippen LogP contribution >= 0.6 is 0 Å². The van der Waals surface area contributed by atoms with Crippen LogP contribution in [-0.2, 0) is 6.54 Å². The van der Waals surface area contributed by atoms with Gasteiger partial charge in [-0.25, -0.2) is 4.98 Å². The number of nitrogens with zero attached hydrogens (tertiary/aromatic N) is 2. The molecule has 0 aliphatic heterocycles. The summed E-state index contributed by atoms with van der Waals surface area (Å²) < 4.78 is 5.66. The van der Waals surface area contributed by atoms with Crippen molar-refractivity contribution in [2.75, 3.05) is 0 Å². The molecule has 0 saturated heterocycles. The molecule has 0 radical (unpaired) electrons. The normalized spacial score (nSPS) is 11.4. The molecule has 14 heavy (non-hydrogen) atoms. The van der Waals surface area contributed by atoms with Gasteiger partial charge in [-0.1, -0.05) is 6.92 Å². The second-order valence-corrected chi connectivity index (χ2v) is 3.77. The Morgan fingerprint density at radius 3 is 2.71 bits per heavy atom. The molecule has 4 heteroatoms. The average Bonchev–Trinajstić information content (AvgIpc) is 2.17. The molecule has 1 aromatic rings. The van der Waals surface area contributed by atoms with E-state index in [1.807, 2.05) is 13.8 Å². The topological polar surface area (TPSA) is 61.0 Å². The van der Waals surface area contributed by atoms with Crippen LogP contribution in [0, 0.1) is 0 Å². The lowest BCUT2D eigenvalue weighted by Crippen LogP contribution is -2.27. The summed E-state index contributed by atoms with van der Waals surface area (Å²) in [4.78, 5) is 8.22. The van der Waals surface area contributed by atoms with Crippen LogP contribution in [0.3, 0.4) is 0 Å². The highest BCUT2D eigenvalue weighted by atomic mass is 16.5. The Balaban J connectivity index is 2.76. The second kappa shape index (κ2) is 4.37. The van der Waals surface area contributed by atoms with Crippen molar-refractivity contribution in [3.05, 3.63) is 18.1 Å². The molecule has 1 rings (SSSR count). The maximum absolute atomic E-state index is 5.66. The molecule has 0 saturated carbocycles. The van der Waals surface area contributed by atoms with Crippen molar-refractivity contribution in [2.45, 2.75) is 39.3 Å². The van der Waals surface area contributed by atoms with Gasteiger partial charge in [0, 0.05) is 12.7 Å². The molecule has 0 fully saturated rings. The molecule has 0 bridgehead atoms. The van der Waals surface area contributed by atoms with Crippen molar-refractivity contribution in [1.29, 1.82) is 0 Å². The molecule has 1 heterocycles. The third-order valence-corrected chi connectivity index (χ3v) is 2.10. The molecule has 0 spiro atoms. The zero-order chi connectivity index (χ0) is 10.6. The first-order valence-electron chi connectivity index (χ1n) is 4.77. The minimum atomic E-state index is -0.206. The van der Waals surface area contributed by atoms with Crippen LogP contribution in [0.2, 0.25) is 0 Å². The Labute approximate surface area is 84.5 Å². The van der Waals surface area contributed by atoms with Crippen LogP contribution < -0.4 is 10.5 Å². The van der Waals surface area contributed by atoms with Gasteiger partial charge in [0.2, 0.25) is 5.88 Å². The number of hydrogen-bond donors (Lipinski definition) is 1. The molecule has 0 aromatic carbocycles. The maximum atomic E-state index is 5.66. The summed E-state index contributed by atoms with van der Waals surface area (Å²) in [7, 11) is 0. The third-order valence-electron chi connectivity index (χ3n) is 2.10. The Morgan fingerprint density at radius 1 is 1.43 bits per heavy atom. The number of nitrogens with two attached hydrogens (primary N) is 1. The average molecular weight is 195 g/mol. The van der Waals surface area contributed by atoms with E-state index in [1.165, 1.54) is 0 Å². The molecule has 2 N–H and O–H groups in total. The minimum Gasteiger partial charge on any atom is -0.471 e. The van der Waals surface area contributed by atoms with Gasteiger partial charge < -0.3 is 10.5 Å². The van der Waals surface area contributed by atoms with Crippen molar-refractivity contribution < 1.29 is 4.74 Å². The van der Waals surface area contributed by atoms with Crippen molar-refractivity contribution in [3.8, 4) is 5.88 Å². The van der Waals surface area contributed by atoms with Gasteiger partial charge in [-0.05, 0) is 20.3 Å². The standard InChI is InChI=1S/C10H17N3O/c1-4-10(2,3)14-9-7-12-6-8(5-11)13-9/h6-7H,4-5,11H2,1-3H3. The van der Waals surface area contributed by atoms with Gasteiger partial charge in [0.25, 0.3) is 0 Å². The van der Waals surface area contributed by atoms with Gasteiger partial charge in [0.05, 0.1) is 11.9 Å². The lowest BCUT2D eigenvalue weighted by Gasteiger charge is -2.23. The zero-order valence-corrected chi connectivity index (χ0v) is 8.95. The van der Waals surface area contributed by atoms with E-state index in [0.717, 1.165) is 12.1 Å². The predicted octanol–water partition coefficient (Wildman–Crippen LogP) is 1.50. The summed E-state index contributed by atoms with van der Waals surface area (Å²) in [6, 6.07) is 0. The van der Waals surface area contributed by atoms with Gasteiger partial charge in [-0.3, -0.25) is 4.98 Å². The molecule has 0 aliphatic carbocycles. The Kier molecular flexibility index (Phi) is 3.41. The summed E-state index contributed by atoms with van der Waals surface area (Å²) >= 11 is 0. The van der Waals surface area contributed by atoms with E-state index in [0.29, 0.717) is 12.4 Å². The molecular weight excluding hydrogens is 178 g/mol. The van der Waals surface area contributed by atoms with Crippen LogP contribution in [0.15, 0.2) is 12.4 Å². The summed E-state index contributed by atoms with van der Waals surface area (Å²) in [5.74, 6) is 0.541. The Morgan fingerprint density at radius 2 is 2.14 bits per heavy atom. The molecule has 4 nitrogen and oxygen atoms in total. The first-order valence-corrected chi connectivity index (χ1v) is 4.77. The summed E-state index contributed by atoms with van der Waals surface area (Å²) in [5, 5.41) is 0. The van der Waals surface area contributed by atoms with Gasteiger partial charge in [0.15, 0.2) is 0 Å². The number of hydrogen-bond acceptors (Lipinski definition) is 4. The SMILES string of the molecule is CCC(C)(C)Oc1cncc(CN)n1. The van der Waals surface area contributed by atoms with Gasteiger partial charge in [-0.2, -0.15) is 0 Å². The number of rotatable bonds is 4. The van der Waals surface area contributed by atoms with E-state index in [9.17, 15) is 0 Å². The molecule has 0 unspecified atom stereocenters. The number of ether oxygens (including phenoxy) is 1. The summed E-state index contributed by atoms with van der Waals surface area (Å²) in [6.07, 6.45) is 4.17. The molecular formula is C10H17N3O. The van der Waals surface area contributed by atoms with Crippen LogP contribution in [0.4, 0.5) is 0 Å². The molecule has 0 atom stereocenters. The molecule has 0 amide bonds. The zero-order valence-electron chi connectivity index (χ0n) is 8.95. The fourth-order valence-electron chi connectivity index (χ4n) is 0.889. The molecule has 78 valence electrons. The van der Waals surface area contributed by atoms with E-state index in [4.69, 9.17) is 10.5 Å².